The van der Waals surface area contributed by atoms with Crippen molar-refractivity contribution in [2.75, 3.05) is 13.7 Å². The molecule has 2 fully saturated rings. The lowest BCUT2D eigenvalue weighted by molar-refractivity contribution is 0.0392. The highest BCUT2D eigenvalue weighted by Crippen LogP contribution is 2.36. The number of ether oxygens (including phenoxy) is 1. The van der Waals surface area contributed by atoms with Crippen LogP contribution in [-0.4, -0.2) is 36.5 Å². The molecular formula is C22H25NO3. The maximum Gasteiger partial charge on any atom is 0.338 e. The quantitative estimate of drug-likeness (QED) is 0.753. The lowest BCUT2D eigenvalue weighted by atomic mass is 9.78. The average molecular weight is 351 g/mol. The van der Waals surface area contributed by atoms with E-state index in [0.29, 0.717) is 23.1 Å². The van der Waals surface area contributed by atoms with Crippen molar-refractivity contribution < 1.29 is 14.3 Å². The minimum absolute atomic E-state index is 0.106. The van der Waals surface area contributed by atoms with Gasteiger partial charge in [0.15, 0.2) is 0 Å². The number of piperidine rings is 1. The third-order valence-electron chi connectivity index (χ3n) is 6.06. The zero-order valence-corrected chi connectivity index (χ0v) is 15.2. The number of hydrogen-bond acceptors (Lipinski definition) is 3. The normalized spacial score (nSPS) is 22.7. The van der Waals surface area contributed by atoms with Gasteiger partial charge in [-0.15, -0.1) is 0 Å². The number of methoxy groups -OCH3 is 1. The van der Waals surface area contributed by atoms with Crippen LogP contribution in [0.25, 0.3) is 10.8 Å². The van der Waals surface area contributed by atoms with E-state index in [1.54, 1.807) is 12.1 Å². The van der Waals surface area contributed by atoms with Crippen LogP contribution in [0.3, 0.4) is 0 Å². The third kappa shape index (κ3) is 2.87. The summed E-state index contributed by atoms with van der Waals surface area (Å²) in [5.41, 5.74) is 1.20. The summed E-state index contributed by atoms with van der Waals surface area (Å²) in [6.07, 6.45) is 7.21. The molecule has 1 aliphatic heterocycles. The molecule has 2 aliphatic rings. The molecule has 0 radical (unpaired) electrons. The van der Waals surface area contributed by atoms with Gasteiger partial charge in [0.25, 0.3) is 5.91 Å². The molecule has 1 saturated carbocycles. The van der Waals surface area contributed by atoms with Crippen LogP contribution in [0.5, 0.6) is 0 Å². The summed E-state index contributed by atoms with van der Waals surface area (Å²) in [6, 6.07) is 11.5. The number of carbonyl (C=O) groups excluding carboxylic acids is 2. The van der Waals surface area contributed by atoms with Crippen molar-refractivity contribution in [2.45, 2.75) is 44.6 Å². The van der Waals surface area contributed by atoms with Crippen LogP contribution in [0, 0.1) is 5.92 Å². The summed E-state index contributed by atoms with van der Waals surface area (Å²) in [5.74, 6) is 0.391. The zero-order chi connectivity index (χ0) is 18.1. The van der Waals surface area contributed by atoms with Gasteiger partial charge in [-0.05, 0) is 54.5 Å². The Kier molecular flexibility index (Phi) is 4.66. The van der Waals surface area contributed by atoms with E-state index in [1.807, 2.05) is 24.3 Å². The van der Waals surface area contributed by atoms with Gasteiger partial charge in [-0.1, -0.05) is 37.1 Å². The highest BCUT2D eigenvalue weighted by atomic mass is 16.5. The largest absolute Gasteiger partial charge is 0.465 e. The molecule has 0 spiro atoms. The van der Waals surface area contributed by atoms with Crippen molar-refractivity contribution in [1.82, 2.24) is 4.90 Å². The van der Waals surface area contributed by atoms with E-state index in [-0.39, 0.29) is 11.9 Å². The second-order valence-electron chi connectivity index (χ2n) is 7.45. The van der Waals surface area contributed by atoms with Crippen LogP contribution in [0.1, 0.15) is 59.2 Å². The van der Waals surface area contributed by atoms with Crippen LogP contribution in [0.15, 0.2) is 36.4 Å². The first-order valence-electron chi connectivity index (χ1n) is 9.61. The van der Waals surface area contributed by atoms with Gasteiger partial charge in [-0.2, -0.15) is 0 Å². The molecule has 2 aromatic carbocycles. The molecule has 2 atom stereocenters. The molecule has 0 N–H and O–H groups in total. The van der Waals surface area contributed by atoms with Crippen LogP contribution in [-0.2, 0) is 4.74 Å². The summed E-state index contributed by atoms with van der Waals surface area (Å²) >= 11 is 0. The lowest BCUT2D eigenvalue weighted by Gasteiger charge is -2.44. The maximum atomic E-state index is 13.4. The molecule has 26 heavy (non-hydrogen) atoms. The summed E-state index contributed by atoms with van der Waals surface area (Å²) in [4.78, 5) is 27.6. The lowest BCUT2D eigenvalue weighted by Crippen LogP contribution is -2.49. The van der Waals surface area contributed by atoms with E-state index >= 15 is 0 Å². The number of likely N-dealkylation sites (tertiary alicyclic amines) is 1. The molecule has 1 heterocycles. The highest BCUT2D eigenvalue weighted by molar-refractivity contribution is 6.13. The van der Waals surface area contributed by atoms with Gasteiger partial charge < -0.3 is 9.64 Å². The van der Waals surface area contributed by atoms with Gasteiger partial charge in [0, 0.05) is 18.2 Å². The summed E-state index contributed by atoms with van der Waals surface area (Å²) in [5, 5.41) is 1.61. The molecule has 1 saturated heterocycles. The van der Waals surface area contributed by atoms with Gasteiger partial charge in [-0.25, -0.2) is 4.79 Å². The molecule has 0 aromatic heterocycles. The van der Waals surface area contributed by atoms with E-state index in [4.69, 9.17) is 4.74 Å². The first kappa shape index (κ1) is 17.1. The van der Waals surface area contributed by atoms with Gasteiger partial charge in [0.2, 0.25) is 0 Å². The first-order chi connectivity index (χ1) is 12.7. The van der Waals surface area contributed by atoms with Crippen molar-refractivity contribution in [3.8, 4) is 0 Å². The number of hydrogen-bond donors (Lipinski definition) is 0. The third-order valence-corrected chi connectivity index (χ3v) is 6.06. The Hall–Kier alpha value is -2.36. The van der Waals surface area contributed by atoms with Gasteiger partial charge in [-0.3, -0.25) is 4.79 Å². The van der Waals surface area contributed by atoms with Gasteiger partial charge in [0.05, 0.1) is 12.7 Å². The fourth-order valence-corrected chi connectivity index (χ4v) is 4.81. The topological polar surface area (TPSA) is 46.6 Å². The van der Waals surface area contributed by atoms with E-state index in [0.717, 1.165) is 30.2 Å². The predicted octanol–water partition coefficient (Wildman–Crippen LogP) is 4.42. The minimum atomic E-state index is -0.370. The van der Waals surface area contributed by atoms with Crippen LogP contribution in [0.2, 0.25) is 0 Å². The molecule has 136 valence electrons. The van der Waals surface area contributed by atoms with Crippen molar-refractivity contribution >= 4 is 22.6 Å². The second-order valence-corrected chi connectivity index (χ2v) is 7.45. The maximum absolute atomic E-state index is 13.4. The fourth-order valence-electron chi connectivity index (χ4n) is 4.81. The monoisotopic (exact) mass is 351 g/mol. The Balaban J connectivity index is 1.74. The Morgan fingerprint density at radius 2 is 1.58 bits per heavy atom. The molecule has 4 nitrogen and oxygen atoms in total. The smallest absolute Gasteiger partial charge is 0.338 e. The Bertz CT molecular complexity index is 842. The van der Waals surface area contributed by atoms with Crippen molar-refractivity contribution in [3.05, 3.63) is 47.5 Å². The SMILES string of the molecule is COC(=O)c1ccc(C(=O)N2CCC[C@@H]3CCCC[C@H]32)c2ccccc12. The first-order valence-corrected chi connectivity index (χ1v) is 9.61. The van der Waals surface area contributed by atoms with Crippen LogP contribution >= 0.6 is 0 Å². The molecule has 2 aromatic rings. The van der Waals surface area contributed by atoms with Gasteiger partial charge >= 0.3 is 5.97 Å². The van der Waals surface area contributed by atoms with Gasteiger partial charge in [0.1, 0.15) is 0 Å². The average Bonchev–Trinajstić information content (AvgIpc) is 2.71. The molecule has 4 rings (SSSR count). The molecule has 1 amide bonds. The molecule has 4 heteroatoms. The second kappa shape index (κ2) is 7.10. The predicted molar refractivity (Wildman–Crippen MR) is 101 cm³/mol. The minimum Gasteiger partial charge on any atom is -0.465 e. The summed E-state index contributed by atoms with van der Waals surface area (Å²) in [7, 11) is 1.38. The van der Waals surface area contributed by atoms with E-state index in [9.17, 15) is 9.59 Å². The van der Waals surface area contributed by atoms with Crippen molar-refractivity contribution in [3.63, 3.8) is 0 Å². The molecule has 1 aliphatic carbocycles. The Morgan fingerprint density at radius 3 is 2.35 bits per heavy atom. The van der Waals surface area contributed by atoms with Crippen molar-refractivity contribution in [2.24, 2.45) is 5.92 Å². The van der Waals surface area contributed by atoms with Crippen molar-refractivity contribution in [1.29, 1.82) is 0 Å². The number of rotatable bonds is 2. The number of esters is 1. The Labute approximate surface area is 154 Å². The number of nitrogens with zero attached hydrogens (tertiary/aromatic N) is 1. The number of carbonyl (C=O) groups is 2. The number of amides is 1. The molecular weight excluding hydrogens is 326 g/mol. The van der Waals surface area contributed by atoms with Crippen LogP contribution in [0.4, 0.5) is 0 Å². The zero-order valence-electron chi connectivity index (χ0n) is 15.2. The number of benzene rings is 2. The summed E-state index contributed by atoms with van der Waals surface area (Å²) < 4.78 is 4.90. The number of fused-ring (bicyclic) bond motifs is 2. The molecule has 0 unspecified atom stereocenters. The van der Waals surface area contributed by atoms with E-state index in [1.165, 1.54) is 32.8 Å². The van der Waals surface area contributed by atoms with Crippen LogP contribution < -0.4 is 0 Å². The molecule has 0 bridgehead atoms. The van der Waals surface area contributed by atoms with E-state index < -0.39 is 0 Å². The fraction of sp³-hybridized carbons (Fsp3) is 0.455. The van der Waals surface area contributed by atoms with E-state index in [2.05, 4.69) is 4.90 Å². The summed E-state index contributed by atoms with van der Waals surface area (Å²) in [6.45, 7) is 0.840. The Morgan fingerprint density at radius 1 is 0.923 bits per heavy atom. The standard InChI is InChI=1S/C22H25NO3/c1-26-22(25)19-13-12-18(16-9-3-4-10-17(16)19)21(24)23-14-6-8-15-7-2-5-11-20(15)23/h3-4,9-10,12-13,15,20H,2,5-8,11,14H2,1H3/t15-,20+/m0/s1. The highest BCUT2D eigenvalue weighted by Gasteiger charge is 2.36.